The van der Waals surface area contributed by atoms with Gasteiger partial charge in [-0.15, -0.1) is 0 Å². The third-order valence-electron chi connectivity index (χ3n) is 5.77. The highest BCUT2D eigenvalue weighted by atomic mass is 16.6. The van der Waals surface area contributed by atoms with E-state index in [9.17, 15) is 9.59 Å². The maximum atomic E-state index is 12.4. The van der Waals surface area contributed by atoms with Gasteiger partial charge >= 0.3 is 0 Å². The average molecular weight is 358 g/mol. The highest BCUT2D eigenvalue weighted by molar-refractivity contribution is 5.98. The molecule has 1 aliphatic carbocycles. The molecule has 2 heterocycles. The van der Waals surface area contributed by atoms with Crippen molar-refractivity contribution in [3.63, 3.8) is 0 Å². The molecule has 1 aromatic carbocycles. The van der Waals surface area contributed by atoms with Crippen molar-refractivity contribution in [1.29, 1.82) is 0 Å². The molecule has 4 rings (SSSR count). The molecule has 3 aliphatic rings. The summed E-state index contributed by atoms with van der Waals surface area (Å²) in [5.74, 6) is 1.52. The summed E-state index contributed by atoms with van der Waals surface area (Å²) in [4.78, 5) is 26.3. The Morgan fingerprint density at radius 1 is 1.08 bits per heavy atom. The molecule has 1 aromatic rings. The number of nitrogens with one attached hydrogen (secondary N) is 1. The molecule has 1 saturated heterocycles. The van der Waals surface area contributed by atoms with Gasteiger partial charge in [-0.3, -0.25) is 14.5 Å². The Bertz CT molecular complexity index is 664. The van der Waals surface area contributed by atoms with Gasteiger partial charge in [0.25, 0.3) is 0 Å². The number of amides is 2. The molecule has 0 radical (unpaired) electrons. The van der Waals surface area contributed by atoms with Crippen LogP contribution in [-0.2, 0) is 9.59 Å². The smallest absolute Gasteiger partial charge is 0.229 e. The van der Waals surface area contributed by atoms with Crippen LogP contribution >= 0.6 is 0 Å². The number of carbonyl (C=O) groups excluding carboxylic acids is 2. The van der Waals surface area contributed by atoms with Crippen molar-refractivity contribution in [3.05, 3.63) is 24.3 Å². The minimum Gasteiger partial charge on any atom is -0.486 e. The van der Waals surface area contributed by atoms with Crippen LogP contribution in [0.25, 0.3) is 0 Å². The highest BCUT2D eigenvalue weighted by Gasteiger charge is 2.44. The monoisotopic (exact) mass is 358 g/mol. The number of rotatable bonds is 5. The summed E-state index contributed by atoms with van der Waals surface area (Å²) in [6.07, 6.45) is 5.35. The zero-order chi connectivity index (χ0) is 18.0. The number of imide groups is 1. The summed E-state index contributed by atoms with van der Waals surface area (Å²) in [5, 5.41) is 3.28. The Balaban J connectivity index is 1.22. The number of likely N-dealkylation sites (tertiary alicyclic amines) is 1. The first kappa shape index (κ1) is 17.3. The van der Waals surface area contributed by atoms with E-state index >= 15 is 0 Å². The first-order chi connectivity index (χ1) is 12.7. The Morgan fingerprint density at radius 3 is 2.50 bits per heavy atom. The van der Waals surface area contributed by atoms with Crippen molar-refractivity contribution in [2.45, 2.75) is 44.6 Å². The molecule has 26 heavy (non-hydrogen) atoms. The van der Waals surface area contributed by atoms with Gasteiger partial charge < -0.3 is 14.8 Å². The fourth-order valence-corrected chi connectivity index (χ4v) is 4.38. The molecule has 1 N–H and O–H groups in total. The summed E-state index contributed by atoms with van der Waals surface area (Å²) >= 11 is 0. The van der Waals surface area contributed by atoms with Gasteiger partial charge in [0.1, 0.15) is 12.7 Å². The van der Waals surface area contributed by atoms with Crippen LogP contribution in [0, 0.1) is 5.41 Å². The molecule has 1 saturated carbocycles. The number of fused-ring (bicyclic) bond motifs is 1. The number of nitrogens with zero attached hydrogens (tertiary/aromatic N) is 1. The van der Waals surface area contributed by atoms with Gasteiger partial charge in [0.05, 0.1) is 0 Å². The predicted octanol–water partition coefficient (Wildman–Crippen LogP) is 2.13. The van der Waals surface area contributed by atoms with Crippen LogP contribution in [0.5, 0.6) is 11.5 Å². The van der Waals surface area contributed by atoms with E-state index in [4.69, 9.17) is 9.47 Å². The van der Waals surface area contributed by atoms with Crippen LogP contribution in [0.3, 0.4) is 0 Å². The van der Waals surface area contributed by atoms with Crippen molar-refractivity contribution < 1.29 is 19.1 Å². The Morgan fingerprint density at radius 2 is 1.77 bits per heavy atom. The van der Waals surface area contributed by atoms with E-state index in [1.165, 1.54) is 4.90 Å². The second kappa shape index (κ2) is 7.27. The molecule has 2 fully saturated rings. The van der Waals surface area contributed by atoms with E-state index in [1.54, 1.807) is 0 Å². The highest BCUT2D eigenvalue weighted by Crippen LogP contribution is 2.46. The van der Waals surface area contributed by atoms with Crippen LogP contribution in [0.15, 0.2) is 24.3 Å². The van der Waals surface area contributed by atoms with Gasteiger partial charge in [0.15, 0.2) is 11.5 Å². The first-order valence-corrected chi connectivity index (χ1v) is 9.58. The molecular formula is C20H26N2O4. The minimum absolute atomic E-state index is 0.00359. The number of ether oxygens (including phenoxy) is 2. The number of hydrogen-bond donors (Lipinski definition) is 1. The Hall–Kier alpha value is -2.08. The molecule has 2 amide bonds. The van der Waals surface area contributed by atoms with Crippen LogP contribution < -0.4 is 14.8 Å². The molecule has 6 heteroatoms. The van der Waals surface area contributed by atoms with E-state index in [0.29, 0.717) is 39.1 Å². The van der Waals surface area contributed by atoms with Crippen LogP contribution in [-0.4, -0.2) is 49.1 Å². The zero-order valence-corrected chi connectivity index (χ0v) is 15.0. The van der Waals surface area contributed by atoms with Crippen molar-refractivity contribution in [1.82, 2.24) is 10.2 Å². The summed E-state index contributed by atoms with van der Waals surface area (Å²) < 4.78 is 11.6. The number of benzene rings is 1. The van der Waals surface area contributed by atoms with E-state index in [2.05, 4.69) is 5.32 Å². The lowest BCUT2D eigenvalue weighted by Crippen LogP contribution is -2.50. The second-order valence-corrected chi connectivity index (χ2v) is 7.70. The number of carbonyl (C=O) groups is 2. The van der Waals surface area contributed by atoms with Crippen LogP contribution in [0.1, 0.15) is 38.5 Å². The standard InChI is InChI=1S/C20H26N2O4/c23-18-11-20(7-3-4-8-20)12-19(24)22(18)10-9-21-13-15-14-25-16-5-1-2-6-17(16)26-15/h1-2,5-6,15,21H,3-4,7-14H2. The van der Waals surface area contributed by atoms with Gasteiger partial charge in [0, 0.05) is 32.5 Å². The van der Waals surface area contributed by atoms with Gasteiger partial charge in [0.2, 0.25) is 11.8 Å². The predicted molar refractivity (Wildman–Crippen MR) is 96.1 cm³/mol. The fraction of sp³-hybridized carbons (Fsp3) is 0.600. The minimum atomic E-state index is -0.0700. The van der Waals surface area contributed by atoms with E-state index in [1.807, 2.05) is 24.3 Å². The quantitative estimate of drug-likeness (QED) is 0.645. The maximum Gasteiger partial charge on any atom is 0.229 e. The molecule has 140 valence electrons. The lowest BCUT2D eigenvalue weighted by atomic mass is 9.76. The van der Waals surface area contributed by atoms with E-state index in [0.717, 1.165) is 37.2 Å². The Kier molecular flexibility index (Phi) is 4.85. The molecule has 6 nitrogen and oxygen atoms in total. The molecule has 0 bridgehead atoms. The average Bonchev–Trinajstić information content (AvgIpc) is 3.07. The number of hydrogen-bond acceptors (Lipinski definition) is 5. The first-order valence-electron chi connectivity index (χ1n) is 9.58. The van der Waals surface area contributed by atoms with E-state index in [-0.39, 0.29) is 23.3 Å². The summed E-state index contributed by atoms with van der Waals surface area (Å²) in [7, 11) is 0. The molecule has 1 unspecified atom stereocenters. The van der Waals surface area contributed by atoms with Gasteiger partial charge in [-0.2, -0.15) is 0 Å². The van der Waals surface area contributed by atoms with Crippen molar-refractivity contribution in [2.75, 3.05) is 26.2 Å². The van der Waals surface area contributed by atoms with Gasteiger partial charge in [-0.25, -0.2) is 0 Å². The summed E-state index contributed by atoms with van der Waals surface area (Å²) in [6, 6.07) is 7.63. The molecule has 0 aromatic heterocycles. The topological polar surface area (TPSA) is 67.9 Å². The van der Waals surface area contributed by atoms with Crippen molar-refractivity contribution >= 4 is 11.8 Å². The fourth-order valence-electron chi connectivity index (χ4n) is 4.38. The summed E-state index contributed by atoms with van der Waals surface area (Å²) in [6.45, 7) is 2.12. The molecule has 1 atom stereocenters. The third-order valence-corrected chi connectivity index (χ3v) is 5.77. The van der Waals surface area contributed by atoms with E-state index < -0.39 is 0 Å². The second-order valence-electron chi connectivity index (χ2n) is 7.70. The normalized spacial score (nSPS) is 24.3. The van der Waals surface area contributed by atoms with Gasteiger partial charge in [-0.05, 0) is 30.4 Å². The summed E-state index contributed by atoms with van der Waals surface area (Å²) in [5.41, 5.74) is -0.0290. The third kappa shape index (κ3) is 3.56. The number of para-hydroxylation sites is 2. The molecular weight excluding hydrogens is 332 g/mol. The lowest BCUT2D eigenvalue weighted by Gasteiger charge is -2.37. The van der Waals surface area contributed by atoms with Crippen LogP contribution in [0.4, 0.5) is 0 Å². The SMILES string of the molecule is O=C1CC2(CCCC2)CC(=O)N1CCNCC1COc2ccccc2O1. The zero-order valence-electron chi connectivity index (χ0n) is 15.0. The maximum absolute atomic E-state index is 12.4. The largest absolute Gasteiger partial charge is 0.486 e. The van der Waals surface area contributed by atoms with Crippen LogP contribution in [0.2, 0.25) is 0 Å². The Labute approximate surface area is 153 Å². The molecule has 1 spiro atoms. The van der Waals surface area contributed by atoms with Gasteiger partial charge in [-0.1, -0.05) is 25.0 Å². The molecule has 2 aliphatic heterocycles. The lowest BCUT2D eigenvalue weighted by molar-refractivity contribution is -0.153. The van der Waals surface area contributed by atoms with Crippen molar-refractivity contribution in [2.24, 2.45) is 5.41 Å². The van der Waals surface area contributed by atoms with Crippen molar-refractivity contribution in [3.8, 4) is 11.5 Å². The number of piperidine rings is 1.